The molecule has 1 N–H and O–H groups in total. The lowest BCUT2D eigenvalue weighted by molar-refractivity contribution is -0.140. The van der Waals surface area contributed by atoms with Crippen LogP contribution < -0.4 is 5.32 Å². The second-order valence-electron chi connectivity index (χ2n) is 6.22. The Kier molecular flexibility index (Phi) is 3.32. The second-order valence-corrected chi connectivity index (χ2v) is 6.22. The standard InChI is InChI=1S/C14H24N2O2/c1-9(2)15-11-4-3-7-16(14(11)17)12-8-10-5-6-13(12)18-10/h9-13,15H,3-8H2,1-2H3. The quantitative estimate of drug-likeness (QED) is 0.823. The first-order valence-corrected chi connectivity index (χ1v) is 7.37. The fraction of sp³-hybridized carbons (Fsp3) is 0.929. The van der Waals surface area contributed by atoms with Crippen LogP contribution in [0.15, 0.2) is 0 Å². The van der Waals surface area contributed by atoms with Gasteiger partial charge in [-0.05, 0) is 32.1 Å². The lowest BCUT2D eigenvalue weighted by atomic mass is 9.91. The summed E-state index contributed by atoms with van der Waals surface area (Å²) in [6, 6.07) is 0.751. The Balaban J connectivity index is 1.67. The van der Waals surface area contributed by atoms with E-state index in [0.29, 0.717) is 30.2 Å². The predicted octanol–water partition coefficient (Wildman–Crippen LogP) is 1.30. The molecule has 0 aromatic rings. The van der Waals surface area contributed by atoms with E-state index >= 15 is 0 Å². The third-order valence-corrected chi connectivity index (χ3v) is 4.48. The Morgan fingerprint density at radius 1 is 1.33 bits per heavy atom. The van der Waals surface area contributed by atoms with Crippen molar-refractivity contribution in [1.29, 1.82) is 0 Å². The van der Waals surface area contributed by atoms with Gasteiger partial charge in [-0.15, -0.1) is 0 Å². The molecule has 4 atom stereocenters. The van der Waals surface area contributed by atoms with Crippen LogP contribution in [0.1, 0.15) is 46.0 Å². The molecular formula is C14H24N2O2. The van der Waals surface area contributed by atoms with Crippen LogP contribution in [0.25, 0.3) is 0 Å². The lowest BCUT2D eigenvalue weighted by Crippen LogP contribution is -2.57. The molecule has 0 aliphatic carbocycles. The number of carbonyl (C=O) groups is 1. The molecule has 0 aromatic carbocycles. The van der Waals surface area contributed by atoms with E-state index in [4.69, 9.17) is 4.74 Å². The van der Waals surface area contributed by atoms with Gasteiger partial charge in [0.15, 0.2) is 0 Å². The molecule has 3 rings (SSSR count). The SMILES string of the molecule is CC(C)NC1CCCN(C2CC3CCC2O3)C1=O. The maximum Gasteiger partial charge on any atom is 0.240 e. The third-order valence-electron chi connectivity index (χ3n) is 4.48. The van der Waals surface area contributed by atoms with E-state index in [2.05, 4.69) is 24.1 Å². The van der Waals surface area contributed by atoms with Gasteiger partial charge in [-0.2, -0.15) is 0 Å². The number of carbonyl (C=O) groups excluding carboxylic acids is 1. The zero-order valence-corrected chi connectivity index (χ0v) is 11.4. The molecule has 2 bridgehead atoms. The highest BCUT2D eigenvalue weighted by molar-refractivity contribution is 5.83. The van der Waals surface area contributed by atoms with E-state index in [1.807, 2.05) is 0 Å². The first-order chi connectivity index (χ1) is 8.65. The topological polar surface area (TPSA) is 41.6 Å². The van der Waals surface area contributed by atoms with E-state index in [9.17, 15) is 4.79 Å². The smallest absolute Gasteiger partial charge is 0.240 e. The number of hydrogen-bond acceptors (Lipinski definition) is 3. The van der Waals surface area contributed by atoms with Gasteiger partial charge in [0, 0.05) is 12.6 Å². The van der Waals surface area contributed by atoms with Crippen LogP contribution in [-0.2, 0) is 9.53 Å². The Morgan fingerprint density at radius 2 is 2.17 bits per heavy atom. The highest BCUT2D eigenvalue weighted by Gasteiger charge is 2.46. The van der Waals surface area contributed by atoms with E-state index in [0.717, 1.165) is 32.2 Å². The number of likely N-dealkylation sites (tertiary alicyclic amines) is 1. The van der Waals surface area contributed by atoms with E-state index in [1.54, 1.807) is 0 Å². The van der Waals surface area contributed by atoms with E-state index in [1.165, 1.54) is 6.42 Å². The zero-order valence-electron chi connectivity index (χ0n) is 11.4. The summed E-state index contributed by atoms with van der Waals surface area (Å²) >= 11 is 0. The summed E-state index contributed by atoms with van der Waals surface area (Å²) in [4.78, 5) is 14.6. The minimum atomic E-state index is 0.0258. The lowest BCUT2D eigenvalue weighted by Gasteiger charge is -2.39. The van der Waals surface area contributed by atoms with Gasteiger partial charge in [0.1, 0.15) is 0 Å². The van der Waals surface area contributed by atoms with Gasteiger partial charge in [-0.25, -0.2) is 0 Å². The van der Waals surface area contributed by atoms with Crippen LogP contribution in [0.2, 0.25) is 0 Å². The van der Waals surface area contributed by atoms with Gasteiger partial charge in [0.2, 0.25) is 5.91 Å². The van der Waals surface area contributed by atoms with Crippen molar-refractivity contribution in [2.24, 2.45) is 0 Å². The van der Waals surface area contributed by atoms with Gasteiger partial charge in [-0.1, -0.05) is 13.8 Å². The van der Waals surface area contributed by atoms with Crippen molar-refractivity contribution in [1.82, 2.24) is 10.2 Å². The number of nitrogens with one attached hydrogen (secondary N) is 1. The molecule has 18 heavy (non-hydrogen) atoms. The summed E-state index contributed by atoms with van der Waals surface area (Å²) in [7, 11) is 0. The van der Waals surface area contributed by atoms with Crippen LogP contribution in [0.4, 0.5) is 0 Å². The highest BCUT2D eigenvalue weighted by Crippen LogP contribution is 2.38. The summed E-state index contributed by atoms with van der Waals surface area (Å²) in [6.45, 7) is 5.13. The Hall–Kier alpha value is -0.610. The maximum absolute atomic E-state index is 12.5. The molecule has 4 heteroatoms. The molecule has 3 aliphatic heterocycles. The Morgan fingerprint density at radius 3 is 2.78 bits per heavy atom. The van der Waals surface area contributed by atoms with Crippen molar-refractivity contribution in [3.8, 4) is 0 Å². The summed E-state index contributed by atoms with van der Waals surface area (Å²) < 4.78 is 5.89. The van der Waals surface area contributed by atoms with Crippen LogP contribution in [0.3, 0.4) is 0 Å². The normalized spacial score (nSPS) is 39.9. The van der Waals surface area contributed by atoms with Crippen LogP contribution in [-0.4, -0.2) is 47.7 Å². The molecule has 0 spiro atoms. The van der Waals surface area contributed by atoms with Crippen LogP contribution >= 0.6 is 0 Å². The number of hydrogen-bond donors (Lipinski definition) is 1. The van der Waals surface area contributed by atoms with Gasteiger partial charge >= 0.3 is 0 Å². The average molecular weight is 252 g/mol. The molecule has 0 aromatic heterocycles. The van der Waals surface area contributed by atoms with Gasteiger partial charge in [0.25, 0.3) is 0 Å². The first-order valence-electron chi connectivity index (χ1n) is 7.37. The van der Waals surface area contributed by atoms with Crippen molar-refractivity contribution in [2.75, 3.05) is 6.54 Å². The minimum absolute atomic E-state index is 0.0258. The zero-order chi connectivity index (χ0) is 12.7. The maximum atomic E-state index is 12.5. The molecule has 1 amide bonds. The summed E-state index contributed by atoms with van der Waals surface area (Å²) in [5.41, 5.74) is 0. The van der Waals surface area contributed by atoms with Gasteiger partial charge in [0.05, 0.1) is 24.3 Å². The van der Waals surface area contributed by atoms with Gasteiger partial charge < -0.3 is 15.0 Å². The molecular weight excluding hydrogens is 228 g/mol. The van der Waals surface area contributed by atoms with E-state index < -0.39 is 0 Å². The Labute approximate surface area is 109 Å². The number of piperidine rings is 1. The molecule has 3 fully saturated rings. The predicted molar refractivity (Wildman–Crippen MR) is 69.3 cm³/mol. The largest absolute Gasteiger partial charge is 0.373 e. The summed E-state index contributed by atoms with van der Waals surface area (Å²) in [6.07, 6.45) is 6.23. The molecule has 4 nitrogen and oxygen atoms in total. The van der Waals surface area contributed by atoms with Crippen LogP contribution in [0.5, 0.6) is 0 Å². The van der Waals surface area contributed by atoms with Crippen molar-refractivity contribution in [2.45, 2.75) is 76.3 Å². The van der Waals surface area contributed by atoms with E-state index in [-0.39, 0.29) is 6.04 Å². The summed E-state index contributed by atoms with van der Waals surface area (Å²) in [5.74, 6) is 0.302. The van der Waals surface area contributed by atoms with Crippen molar-refractivity contribution < 1.29 is 9.53 Å². The Bertz CT molecular complexity index is 332. The fourth-order valence-corrected chi connectivity index (χ4v) is 3.72. The van der Waals surface area contributed by atoms with Crippen LogP contribution in [0, 0.1) is 0 Å². The fourth-order valence-electron chi connectivity index (χ4n) is 3.72. The molecule has 3 aliphatic rings. The molecule has 3 saturated heterocycles. The number of nitrogens with zero attached hydrogens (tertiary/aromatic N) is 1. The molecule has 3 heterocycles. The minimum Gasteiger partial charge on any atom is -0.373 e. The highest BCUT2D eigenvalue weighted by atomic mass is 16.5. The monoisotopic (exact) mass is 252 g/mol. The number of amides is 1. The first kappa shape index (κ1) is 12.4. The molecule has 0 saturated carbocycles. The molecule has 102 valence electrons. The van der Waals surface area contributed by atoms with Gasteiger partial charge in [-0.3, -0.25) is 4.79 Å². The molecule has 0 radical (unpaired) electrons. The number of ether oxygens (including phenoxy) is 1. The van der Waals surface area contributed by atoms with Crippen molar-refractivity contribution >= 4 is 5.91 Å². The number of fused-ring (bicyclic) bond motifs is 2. The number of rotatable bonds is 3. The summed E-state index contributed by atoms with van der Waals surface area (Å²) in [5, 5.41) is 3.40. The third kappa shape index (κ3) is 2.16. The van der Waals surface area contributed by atoms with Crippen molar-refractivity contribution in [3.63, 3.8) is 0 Å². The van der Waals surface area contributed by atoms with Crippen molar-refractivity contribution in [3.05, 3.63) is 0 Å². The molecule has 4 unspecified atom stereocenters. The average Bonchev–Trinajstić information content (AvgIpc) is 2.93. The second kappa shape index (κ2) is 4.82.